The van der Waals surface area contributed by atoms with Gasteiger partial charge in [0.05, 0.1) is 29.1 Å². The molecule has 1 amide bonds. The number of aliphatic hydroxyl groups excluding tert-OH is 1. The van der Waals surface area contributed by atoms with Gasteiger partial charge in [-0.2, -0.15) is 0 Å². The summed E-state index contributed by atoms with van der Waals surface area (Å²) in [5.41, 5.74) is 4.70. The molecule has 2 aliphatic heterocycles. The fraction of sp³-hybridized carbons (Fsp3) is 0.414. The van der Waals surface area contributed by atoms with Gasteiger partial charge in [0.25, 0.3) is 0 Å². The molecule has 11 heteroatoms. The van der Waals surface area contributed by atoms with Gasteiger partial charge >= 0.3 is 0 Å². The predicted octanol–water partition coefficient (Wildman–Crippen LogP) is 3.79. The fourth-order valence-electron chi connectivity index (χ4n) is 5.87. The second kappa shape index (κ2) is 10.1. The SMILES string of the molecule is Cc1cc(-c2nc(Nc3ccc(N4CCN(C(=O)CO)CC4)cn3)ncc2F)cc2c1nc1n2C(C)(C)CCC1. The number of aryl methyl sites for hydroxylation is 2. The number of amides is 1. The molecule has 3 aromatic heterocycles. The van der Waals surface area contributed by atoms with E-state index >= 15 is 4.39 Å². The second-order valence-electron chi connectivity index (χ2n) is 11.1. The van der Waals surface area contributed by atoms with Gasteiger partial charge in [-0.25, -0.2) is 24.3 Å². The number of fused-ring (bicyclic) bond motifs is 3. The first-order valence-corrected chi connectivity index (χ1v) is 13.7. The minimum Gasteiger partial charge on any atom is -0.387 e. The molecule has 0 bridgehead atoms. The number of carbonyl (C=O) groups is 1. The Labute approximate surface area is 231 Å². The van der Waals surface area contributed by atoms with Gasteiger partial charge in [0, 0.05) is 43.7 Å². The van der Waals surface area contributed by atoms with Gasteiger partial charge in [0.15, 0.2) is 5.82 Å². The molecule has 1 saturated heterocycles. The zero-order valence-corrected chi connectivity index (χ0v) is 23.0. The lowest BCUT2D eigenvalue weighted by Crippen LogP contribution is -2.49. The molecule has 40 heavy (non-hydrogen) atoms. The molecule has 208 valence electrons. The highest BCUT2D eigenvalue weighted by Crippen LogP contribution is 2.37. The molecule has 4 aromatic rings. The highest BCUT2D eigenvalue weighted by atomic mass is 19.1. The zero-order valence-electron chi connectivity index (χ0n) is 23.0. The van der Waals surface area contributed by atoms with Crippen LogP contribution in [0.2, 0.25) is 0 Å². The van der Waals surface area contributed by atoms with Crippen LogP contribution in [0.15, 0.2) is 36.7 Å². The lowest BCUT2D eigenvalue weighted by Gasteiger charge is -2.35. The number of pyridine rings is 1. The monoisotopic (exact) mass is 544 g/mol. The molecule has 5 heterocycles. The normalized spacial score (nSPS) is 16.7. The van der Waals surface area contributed by atoms with Crippen molar-refractivity contribution in [1.82, 2.24) is 29.4 Å². The van der Waals surface area contributed by atoms with E-state index in [9.17, 15) is 4.79 Å². The third-order valence-electron chi connectivity index (χ3n) is 7.95. The van der Waals surface area contributed by atoms with Crippen LogP contribution in [0.25, 0.3) is 22.3 Å². The molecule has 1 aromatic carbocycles. The summed E-state index contributed by atoms with van der Waals surface area (Å²) in [6.07, 6.45) is 6.04. The van der Waals surface area contributed by atoms with Gasteiger partial charge < -0.3 is 24.8 Å². The van der Waals surface area contributed by atoms with Crippen LogP contribution >= 0.6 is 0 Å². The molecule has 1 fully saturated rings. The van der Waals surface area contributed by atoms with E-state index in [1.165, 1.54) is 6.20 Å². The molecule has 0 atom stereocenters. The number of hydrogen-bond donors (Lipinski definition) is 2. The molecule has 0 spiro atoms. The highest BCUT2D eigenvalue weighted by molar-refractivity contribution is 5.85. The van der Waals surface area contributed by atoms with Crippen LogP contribution < -0.4 is 10.2 Å². The van der Waals surface area contributed by atoms with E-state index in [1.807, 2.05) is 31.2 Å². The van der Waals surface area contributed by atoms with Crippen molar-refractivity contribution in [3.63, 3.8) is 0 Å². The van der Waals surface area contributed by atoms with Gasteiger partial charge in [-0.15, -0.1) is 0 Å². The molecular weight excluding hydrogens is 511 g/mol. The topological polar surface area (TPSA) is 112 Å². The van der Waals surface area contributed by atoms with Gasteiger partial charge in [0.2, 0.25) is 11.9 Å². The molecular formula is C29H33FN8O2. The number of rotatable bonds is 5. The number of nitrogens with zero attached hydrogens (tertiary/aromatic N) is 7. The van der Waals surface area contributed by atoms with E-state index < -0.39 is 12.4 Å². The van der Waals surface area contributed by atoms with Crippen molar-refractivity contribution in [2.75, 3.05) is 43.0 Å². The number of aliphatic hydroxyl groups is 1. The summed E-state index contributed by atoms with van der Waals surface area (Å²) in [6.45, 7) is 8.41. The maximum absolute atomic E-state index is 15.1. The summed E-state index contributed by atoms with van der Waals surface area (Å²) >= 11 is 0. The van der Waals surface area contributed by atoms with Gasteiger partial charge in [0.1, 0.15) is 23.9 Å². The Balaban J connectivity index is 1.23. The Morgan fingerprint density at radius 1 is 1.10 bits per heavy atom. The van der Waals surface area contributed by atoms with Crippen molar-refractivity contribution in [2.45, 2.75) is 45.6 Å². The van der Waals surface area contributed by atoms with E-state index in [4.69, 9.17) is 10.1 Å². The van der Waals surface area contributed by atoms with Crippen molar-refractivity contribution in [2.24, 2.45) is 0 Å². The Kier molecular flexibility index (Phi) is 6.61. The van der Waals surface area contributed by atoms with Crippen molar-refractivity contribution in [3.8, 4) is 11.3 Å². The van der Waals surface area contributed by atoms with E-state index in [-0.39, 0.29) is 23.1 Å². The largest absolute Gasteiger partial charge is 0.387 e. The molecule has 10 nitrogen and oxygen atoms in total. The standard InChI is InChI=1S/C29H33FN8O2/c1-18-13-19(14-22-26(18)34-24-5-4-8-29(2,3)38(22)24)27-21(30)16-32-28(35-27)33-23-7-6-20(15-31-23)36-9-11-37(12-10-36)25(40)17-39/h6-7,13-16,39H,4-5,8-12,17H2,1-3H3,(H,31,32,33,35). The summed E-state index contributed by atoms with van der Waals surface area (Å²) in [6, 6.07) is 7.68. The number of hydrogen-bond acceptors (Lipinski definition) is 8. The minimum absolute atomic E-state index is 0.0629. The molecule has 0 unspecified atom stereocenters. The highest BCUT2D eigenvalue weighted by Gasteiger charge is 2.30. The number of piperazine rings is 1. The lowest BCUT2D eigenvalue weighted by atomic mass is 9.92. The van der Waals surface area contributed by atoms with E-state index in [0.29, 0.717) is 37.6 Å². The van der Waals surface area contributed by atoms with Gasteiger partial charge in [-0.3, -0.25) is 4.79 Å². The predicted molar refractivity (Wildman–Crippen MR) is 151 cm³/mol. The van der Waals surface area contributed by atoms with Crippen LogP contribution in [-0.2, 0) is 16.8 Å². The number of aromatic nitrogens is 5. The maximum Gasteiger partial charge on any atom is 0.248 e. The number of benzene rings is 1. The van der Waals surface area contributed by atoms with Gasteiger partial charge in [-0.1, -0.05) is 0 Å². The molecule has 0 radical (unpaired) electrons. The first-order chi connectivity index (χ1) is 19.2. The van der Waals surface area contributed by atoms with Crippen molar-refractivity contribution >= 4 is 34.4 Å². The maximum atomic E-state index is 15.1. The van der Waals surface area contributed by atoms with E-state index in [0.717, 1.165) is 47.4 Å². The number of anilines is 3. The number of nitrogens with one attached hydrogen (secondary N) is 1. The summed E-state index contributed by atoms with van der Waals surface area (Å²) in [5, 5.41) is 12.2. The van der Waals surface area contributed by atoms with Crippen LogP contribution in [0, 0.1) is 12.7 Å². The first-order valence-electron chi connectivity index (χ1n) is 13.7. The Hall–Kier alpha value is -4.12. The van der Waals surface area contributed by atoms with Crippen molar-refractivity contribution in [3.05, 3.63) is 53.9 Å². The quantitative estimate of drug-likeness (QED) is 0.390. The van der Waals surface area contributed by atoms with Crippen LogP contribution in [0.3, 0.4) is 0 Å². The third kappa shape index (κ3) is 4.74. The molecule has 0 saturated carbocycles. The van der Waals surface area contributed by atoms with Crippen LogP contribution in [0.4, 0.5) is 21.8 Å². The molecule has 0 aliphatic carbocycles. The Bertz CT molecular complexity index is 1580. The van der Waals surface area contributed by atoms with Crippen LogP contribution in [0.5, 0.6) is 0 Å². The van der Waals surface area contributed by atoms with Crippen molar-refractivity contribution in [1.29, 1.82) is 0 Å². The number of halogens is 1. The third-order valence-corrected chi connectivity index (χ3v) is 7.95. The molecule has 2 N–H and O–H groups in total. The Morgan fingerprint density at radius 2 is 1.90 bits per heavy atom. The fourth-order valence-corrected chi connectivity index (χ4v) is 5.87. The molecule has 6 rings (SSSR count). The zero-order chi connectivity index (χ0) is 28.0. The summed E-state index contributed by atoms with van der Waals surface area (Å²) in [5.74, 6) is 1.12. The smallest absolute Gasteiger partial charge is 0.248 e. The molecule has 2 aliphatic rings. The average molecular weight is 545 g/mol. The van der Waals surface area contributed by atoms with Crippen molar-refractivity contribution < 1.29 is 14.3 Å². The minimum atomic E-state index is -0.496. The number of imidazole rings is 1. The Morgan fingerprint density at radius 3 is 2.62 bits per heavy atom. The summed E-state index contributed by atoms with van der Waals surface area (Å²) in [4.78, 5) is 33.6. The van der Waals surface area contributed by atoms with Crippen LogP contribution in [-0.4, -0.2) is 73.2 Å². The second-order valence-corrected chi connectivity index (χ2v) is 11.1. The number of carbonyl (C=O) groups excluding carboxylic acids is 1. The lowest BCUT2D eigenvalue weighted by molar-refractivity contribution is -0.134. The average Bonchev–Trinajstić information content (AvgIpc) is 3.35. The summed E-state index contributed by atoms with van der Waals surface area (Å²) < 4.78 is 17.4. The first kappa shape index (κ1) is 26.1. The van der Waals surface area contributed by atoms with E-state index in [2.05, 4.69) is 43.6 Å². The van der Waals surface area contributed by atoms with E-state index in [1.54, 1.807) is 11.1 Å². The summed E-state index contributed by atoms with van der Waals surface area (Å²) in [7, 11) is 0. The van der Waals surface area contributed by atoms with Gasteiger partial charge in [-0.05, 0) is 63.4 Å². The van der Waals surface area contributed by atoms with Crippen LogP contribution in [0.1, 0.15) is 38.1 Å².